The van der Waals surface area contributed by atoms with Crippen molar-refractivity contribution in [3.05, 3.63) is 35.9 Å². The standard InChI is InChI=1S/C24H41NO2/c1-2-3-4-13-18-23(26)20-22(21-15-11-9-12-16-21)17-10-7-5-6-8-14-19-24(25)27/h9,11-12,15-16,22-23,26H,2-8,10,13-14,17-20H2,1H3,(H2,25,27). The molecule has 1 aromatic rings. The highest BCUT2D eigenvalue weighted by molar-refractivity contribution is 5.73. The van der Waals surface area contributed by atoms with Gasteiger partial charge in [0, 0.05) is 6.42 Å². The monoisotopic (exact) mass is 375 g/mol. The number of carbonyl (C=O) groups is 1. The molecule has 1 amide bonds. The molecule has 0 aromatic heterocycles. The zero-order valence-electron chi connectivity index (χ0n) is 17.4. The number of hydrogen-bond donors (Lipinski definition) is 2. The molecule has 27 heavy (non-hydrogen) atoms. The van der Waals surface area contributed by atoms with Crippen LogP contribution in [-0.4, -0.2) is 17.1 Å². The third-order valence-corrected chi connectivity index (χ3v) is 5.44. The van der Waals surface area contributed by atoms with Gasteiger partial charge in [0.2, 0.25) is 5.91 Å². The second-order valence-electron chi connectivity index (χ2n) is 7.97. The SMILES string of the molecule is CCCCCCC(O)CC(CCCCCCCCC(N)=O)c1ccccc1. The van der Waals surface area contributed by atoms with Gasteiger partial charge in [0.1, 0.15) is 0 Å². The van der Waals surface area contributed by atoms with Crippen LogP contribution in [0.15, 0.2) is 30.3 Å². The van der Waals surface area contributed by atoms with Gasteiger partial charge in [-0.05, 0) is 37.2 Å². The van der Waals surface area contributed by atoms with E-state index in [1.54, 1.807) is 0 Å². The van der Waals surface area contributed by atoms with Gasteiger partial charge in [-0.1, -0.05) is 95.0 Å². The van der Waals surface area contributed by atoms with Crippen LogP contribution < -0.4 is 5.73 Å². The molecule has 0 aliphatic carbocycles. The predicted octanol–water partition coefficient (Wildman–Crippen LogP) is 6.10. The number of rotatable bonds is 17. The van der Waals surface area contributed by atoms with Crippen molar-refractivity contribution in [2.45, 2.75) is 109 Å². The van der Waals surface area contributed by atoms with Gasteiger partial charge in [0.15, 0.2) is 0 Å². The fourth-order valence-electron chi connectivity index (χ4n) is 3.80. The lowest BCUT2D eigenvalue weighted by Gasteiger charge is -2.21. The summed E-state index contributed by atoms with van der Waals surface area (Å²) in [5.41, 5.74) is 6.54. The van der Waals surface area contributed by atoms with E-state index >= 15 is 0 Å². The first-order valence-electron chi connectivity index (χ1n) is 11.1. The molecule has 0 aliphatic rings. The topological polar surface area (TPSA) is 63.3 Å². The van der Waals surface area contributed by atoms with Crippen molar-refractivity contribution >= 4 is 5.91 Å². The maximum atomic E-state index is 10.7. The summed E-state index contributed by atoms with van der Waals surface area (Å²) in [5.74, 6) is 0.274. The molecule has 0 bridgehead atoms. The number of aliphatic hydroxyl groups excluding tert-OH is 1. The van der Waals surface area contributed by atoms with Crippen molar-refractivity contribution < 1.29 is 9.90 Å². The van der Waals surface area contributed by atoms with Crippen LogP contribution in [-0.2, 0) is 4.79 Å². The summed E-state index contributed by atoms with van der Waals surface area (Å²) >= 11 is 0. The smallest absolute Gasteiger partial charge is 0.217 e. The van der Waals surface area contributed by atoms with E-state index in [-0.39, 0.29) is 12.0 Å². The van der Waals surface area contributed by atoms with Crippen molar-refractivity contribution in [2.24, 2.45) is 5.73 Å². The summed E-state index contributed by atoms with van der Waals surface area (Å²) in [4.78, 5) is 10.7. The summed E-state index contributed by atoms with van der Waals surface area (Å²) in [6.45, 7) is 2.22. The largest absolute Gasteiger partial charge is 0.393 e. The molecule has 2 atom stereocenters. The lowest BCUT2D eigenvalue weighted by Crippen LogP contribution is -2.13. The Morgan fingerprint density at radius 3 is 2.15 bits per heavy atom. The molecule has 0 heterocycles. The first kappa shape index (κ1) is 23.7. The molecule has 0 radical (unpaired) electrons. The fraction of sp³-hybridized carbons (Fsp3) is 0.708. The Balaban J connectivity index is 2.30. The van der Waals surface area contributed by atoms with Gasteiger partial charge in [-0.15, -0.1) is 0 Å². The maximum absolute atomic E-state index is 10.7. The van der Waals surface area contributed by atoms with Crippen molar-refractivity contribution in [3.8, 4) is 0 Å². The van der Waals surface area contributed by atoms with E-state index in [2.05, 4.69) is 37.3 Å². The molecule has 3 N–H and O–H groups in total. The van der Waals surface area contributed by atoms with Gasteiger partial charge in [-0.2, -0.15) is 0 Å². The molecule has 3 nitrogen and oxygen atoms in total. The van der Waals surface area contributed by atoms with Crippen LogP contribution in [0.2, 0.25) is 0 Å². The van der Waals surface area contributed by atoms with Gasteiger partial charge >= 0.3 is 0 Å². The zero-order chi connectivity index (χ0) is 19.7. The summed E-state index contributed by atoms with van der Waals surface area (Å²) in [7, 11) is 0. The Hall–Kier alpha value is -1.35. The zero-order valence-corrected chi connectivity index (χ0v) is 17.4. The average Bonchev–Trinajstić information content (AvgIpc) is 2.67. The number of amides is 1. The van der Waals surface area contributed by atoms with Gasteiger partial charge in [0.25, 0.3) is 0 Å². The van der Waals surface area contributed by atoms with E-state index in [0.717, 1.165) is 38.5 Å². The second-order valence-corrected chi connectivity index (χ2v) is 7.97. The molecular weight excluding hydrogens is 334 g/mol. The van der Waals surface area contributed by atoms with E-state index in [0.29, 0.717) is 12.3 Å². The number of hydrogen-bond acceptors (Lipinski definition) is 2. The molecule has 154 valence electrons. The first-order valence-corrected chi connectivity index (χ1v) is 11.1. The summed E-state index contributed by atoms with van der Waals surface area (Å²) in [6, 6.07) is 10.7. The Morgan fingerprint density at radius 2 is 1.48 bits per heavy atom. The van der Waals surface area contributed by atoms with E-state index < -0.39 is 0 Å². The minimum Gasteiger partial charge on any atom is -0.393 e. The summed E-state index contributed by atoms with van der Waals surface area (Å²) < 4.78 is 0. The van der Waals surface area contributed by atoms with E-state index in [1.807, 2.05) is 0 Å². The highest BCUT2D eigenvalue weighted by Gasteiger charge is 2.16. The molecule has 1 rings (SSSR count). The second kappa shape index (κ2) is 15.7. The predicted molar refractivity (Wildman–Crippen MR) is 115 cm³/mol. The number of unbranched alkanes of at least 4 members (excludes halogenated alkanes) is 8. The molecular formula is C24H41NO2. The summed E-state index contributed by atoms with van der Waals surface area (Å²) in [5, 5.41) is 10.5. The molecule has 0 fully saturated rings. The van der Waals surface area contributed by atoms with Crippen molar-refractivity contribution in [1.82, 2.24) is 0 Å². The number of nitrogens with two attached hydrogens (primary N) is 1. The number of primary amides is 1. The Bertz CT molecular complexity index is 475. The number of aliphatic hydroxyl groups is 1. The van der Waals surface area contributed by atoms with Crippen LogP contribution in [0.4, 0.5) is 0 Å². The third kappa shape index (κ3) is 12.6. The normalized spacial score (nSPS) is 13.4. The minimum absolute atomic E-state index is 0.180. The van der Waals surface area contributed by atoms with Crippen molar-refractivity contribution in [3.63, 3.8) is 0 Å². The van der Waals surface area contributed by atoms with Crippen molar-refractivity contribution in [2.75, 3.05) is 0 Å². The Labute approximate surface area is 166 Å². The molecule has 3 heteroatoms. The van der Waals surface area contributed by atoms with Crippen LogP contribution in [0, 0.1) is 0 Å². The molecule has 0 saturated carbocycles. The Morgan fingerprint density at radius 1 is 0.889 bits per heavy atom. The van der Waals surface area contributed by atoms with Crippen LogP contribution in [0.5, 0.6) is 0 Å². The van der Waals surface area contributed by atoms with E-state index in [9.17, 15) is 9.90 Å². The maximum Gasteiger partial charge on any atom is 0.217 e. The van der Waals surface area contributed by atoms with Crippen LogP contribution in [0.3, 0.4) is 0 Å². The van der Waals surface area contributed by atoms with E-state index in [4.69, 9.17) is 5.73 Å². The van der Waals surface area contributed by atoms with Crippen LogP contribution in [0.25, 0.3) is 0 Å². The van der Waals surface area contributed by atoms with Crippen molar-refractivity contribution in [1.29, 1.82) is 0 Å². The number of carbonyl (C=O) groups excluding carboxylic acids is 1. The highest BCUT2D eigenvalue weighted by Crippen LogP contribution is 2.29. The third-order valence-electron chi connectivity index (χ3n) is 5.44. The lowest BCUT2D eigenvalue weighted by molar-refractivity contribution is -0.118. The Kier molecular flexibility index (Phi) is 13.8. The molecule has 0 saturated heterocycles. The van der Waals surface area contributed by atoms with Gasteiger partial charge in [-0.3, -0.25) is 4.79 Å². The fourth-order valence-corrected chi connectivity index (χ4v) is 3.80. The van der Waals surface area contributed by atoms with Crippen LogP contribution >= 0.6 is 0 Å². The molecule has 0 aliphatic heterocycles. The molecule has 0 spiro atoms. The van der Waals surface area contributed by atoms with Gasteiger partial charge in [-0.25, -0.2) is 0 Å². The lowest BCUT2D eigenvalue weighted by atomic mass is 9.87. The highest BCUT2D eigenvalue weighted by atomic mass is 16.3. The molecule has 2 unspecified atom stereocenters. The first-order chi connectivity index (χ1) is 13.1. The van der Waals surface area contributed by atoms with Crippen LogP contribution in [0.1, 0.15) is 108 Å². The quantitative estimate of drug-likeness (QED) is 0.323. The minimum atomic E-state index is -0.186. The summed E-state index contributed by atoms with van der Waals surface area (Å²) in [6.07, 6.45) is 15.1. The average molecular weight is 376 g/mol. The van der Waals surface area contributed by atoms with E-state index in [1.165, 1.54) is 50.5 Å². The molecule has 1 aromatic carbocycles. The number of benzene rings is 1. The van der Waals surface area contributed by atoms with Gasteiger partial charge in [0.05, 0.1) is 6.10 Å². The van der Waals surface area contributed by atoms with Gasteiger partial charge < -0.3 is 10.8 Å².